The van der Waals surface area contributed by atoms with Crippen molar-refractivity contribution in [2.24, 2.45) is 0 Å². The van der Waals surface area contributed by atoms with Gasteiger partial charge in [-0.05, 0) is 12.8 Å². The van der Waals surface area contributed by atoms with Gasteiger partial charge in [-0.1, -0.05) is 30.6 Å². The summed E-state index contributed by atoms with van der Waals surface area (Å²) in [5.74, 6) is -0.00613. The predicted molar refractivity (Wildman–Crippen MR) is 68.4 cm³/mol. The second-order valence-electron chi connectivity index (χ2n) is 4.41. The Morgan fingerprint density at radius 1 is 1.40 bits per heavy atom. The third kappa shape index (κ3) is 3.01. The first-order chi connectivity index (χ1) is 9.65. The zero-order valence-corrected chi connectivity index (χ0v) is 11.5. The highest BCUT2D eigenvalue weighted by Gasteiger charge is 2.18. The molecule has 2 rings (SSSR count). The maximum Gasteiger partial charge on any atom is 0.358 e. The van der Waals surface area contributed by atoms with Gasteiger partial charge in [-0.15, -0.1) is 5.10 Å². The lowest BCUT2D eigenvalue weighted by Gasteiger charge is -2.00. The van der Waals surface area contributed by atoms with Crippen LogP contribution in [0.2, 0.25) is 0 Å². The number of aromatic nitrogens is 5. The molecular formula is C12H17N5O3. The largest absolute Gasteiger partial charge is 0.476 e. The molecule has 0 atom stereocenters. The van der Waals surface area contributed by atoms with E-state index in [1.54, 1.807) is 0 Å². The lowest BCUT2D eigenvalue weighted by molar-refractivity contribution is 0.0689. The fourth-order valence-corrected chi connectivity index (χ4v) is 1.89. The van der Waals surface area contributed by atoms with Crippen LogP contribution in [-0.4, -0.2) is 36.2 Å². The number of aromatic carboxylic acids is 1. The van der Waals surface area contributed by atoms with Gasteiger partial charge in [0, 0.05) is 6.42 Å². The number of nitrogens with zero attached hydrogens (tertiary/aromatic N) is 5. The minimum Gasteiger partial charge on any atom is -0.476 e. The van der Waals surface area contributed by atoms with Gasteiger partial charge in [-0.25, -0.2) is 9.48 Å². The zero-order chi connectivity index (χ0) is 14.5. The van der Waals surface area contributed by atoms with Gasteiger partial charge in [-0.3, -0.25) is 0 Å². The van der Waals surface area contributed by atoms with Crippen LogP contribution in [0.5, 0.6) is 0 Å². The molecule has 8 heteroatoms. The Kier molecular flexibility index (Phi) is 4.44. The molecule has 2 aromatic heterocycles. The van der Waals surface area contributed by atoms with Crippen LogP contribution in [0.25, 0.3) is 0 Å². The Hall–Kier alpha value is -2.25. The van der Waals surface area contributed by atoms with Crippen molar-refractivity contribution in [1.29, 1.82) is 0 Å². The first kappa shape index (κ1) is 14.2. The van der Waals surface area contributed by atoms with Crippen molar-refractivity contribution in [3.8, 4) is 0 Å². The Morgan fingerprint density at radius 2 is 2.20 bits per heavy atom. The van der Waals surface area contributed by atoms with Gasteiger partial charge in [-0.2, -0.15) is 4.98 Å². The number of carbonyl (C=O) groups is 1. The number of rotatable bonds is 7. The molecule has 0 saturated heterocycles. The minimum absolute atomic E-state index is 0.0294. The van der Waals surface area contributed by atoms with Crippen molar-refractivity contribution in [3.05, 3.63) is 23.1 Å². The second kappa shape index (κ2) is 6.27. The molecule has 0 aromatic carbocycles. The van der Waals surface area contributed by atoms with E-state index in [0.717, 1.165) is 19.3 Å². The molecule has 0 aliphatic carbocycles. The molecule has 0 unspecified atom stereocenters. The zero-order valence-electron chi connectivity index (χ0n) is 11.5. The average Bonchev–Trinajstić information content (AvgIpc) is 3.03. The summed E-state index contributed by atoms with van der Waals surface area (Å²) in [6, 6.07) is 0. The monoisotopic (exact) mass is 279 g/mol. The third-order valence-electron chi connectivity index (χ3n) is 2.92. The third-order valence-corrected chi connectivity index (χ3v) is 2.92. The Balaban J connectivity index is 2.13. The summed E-state index contributed by atoms with van der Waals surface area (Å²) in [6.07, 6.45) is 3.37. The molecule has 0 radical (unpaired) electrons. The quantitative estimate of drug-likeness (QED) is 0.814. The van der Waals surface area contributed by atoms with E-state index in [9.17, 15) is 4.79 Å². The van der Waals surface area contributed by atoms with Crippen LogP contribution in [0.4, 0.5) is 0 Å². The molecule has 1 N–H and O–H groups in total. The maximum absolute atomic E-state index is 11.0. The topological polar surface area (TPSA) is 107 Å². The molecule has 2 heterocycles. The smallest absolute Gasteiger partial charge is 0.358 e. The standard InChI is InChI=1S/C12H17N5O3/c1-3-5-6-9-13-10(20-15-9)7-17-8(4-2)11(12(18)19)14-16-17/h3-7H2,1-2H3,(H,18,19). The van der Waals surface area contributed by atoms with E-state index in [-0.39, 0.29) is 12.2 Å². The molecule has 0 fully saturated rings. The lowest BCUT2D eigenvalue weighted by Crippen LogP contribution is -2.09. The molecule has 20 heavy (non-hydrogen) atoms. The van der Waals surface area contributed by atoms with Crippen molar-refractivity contribution < 1.29 is 14.4 Å². The number of aryl methyl sites for hydroxylation is 1. The lowest BCUT2D eigenvalue weighted by atomic mass is 10.2. The predicted octanol–water partition coefficient (Wildman–Crippen LogP) is 1.31. The minimum atomic E-state index is -1.08. The van der Waals surface area contributed by atoms with E-state index in [1.807, 2.05) is 6.92 Å². The number of hydrogen-bond donors (Lipinski definition) is 1. The van der Waals surface area contributed by atoms with E-state index in [2.05, 4.69) is 27.4 Å². The Morgan fingerprint density at radius 3 is 2.85 bits per heavy atom. The molecule has 0 bridgehead atoms. The summed E-state index contributed by atoms with van der Waals surface area (Å²) in [4.78, 5) is 15.3. The van der Waals surface area contributed by atoms with Crippen LogP contribution < -0.4 is 0 Å². The van der Waals surface area contributed by atoms with Gasteiger partial charge >= 0.3 is 5.97 Å². The first-order valence-electron chi connectivity index (χ1n) is 6.62. The van der Waals surface area contributed by atoms with Crippen molar-refractivity contribution in [2.75, 3.05) is 0 Å². The number of unbranched alkanes of at least 4 members (excludes halogenated alkanes) is 1. The van der Waals surface area contributed by atoms with Crippen LogP contribution >= 0.6 is 0 Å². The second-order valence-corrected chi connectivity index (χ2v) is 4.41. The molecule has 0 saturated carbocycles. The fraction of sp³-hybridized carbons (Fsp3) is 0.583. The SMILES string of the molecule is CCCCc1noc(Cn2nnc(C(=O)O)c2CC)n1. The first-order valence-corrected chi connectivity index (χ1v) is 6.62. The van der Waals surface area contributed by atoms with Gasteiger partial charge in [0.25, 0.3) is 0 Å². The van der Waals surface area contributed by atoms with Crippen LogP contribution in [0.3, 0.4) is 0 Å². The van der Waals surface area contributed by atoms with E-state index in [4.69, 9.17) is 9.63 Å². The van der Waals surface area contributed by atoms with Crippen LogP contribution in [0, 0.1) is 0 Å². The molecule has 108 valence electrons. The van der Waals surface area contributed by atoms with Gasteiger partial charge in [0.15, 0.2) is 11.5 Å². The summed E-state index contributed by atoms with van der Waals surface area (Å²) in [5.41, 5.74) is 0.518. The molecular weight excluding hydrogens is 262 g/mol. The summed E-state index contributed by atoms with van der Waals surface area (Å²) in [6.45, 7) is 4.18. The van der Waals surface area contributed by atoms with Crippen LogP contribution in [0.1, 0.15) is 54.6 Å². The van der Waals surface area contributed by atoms with Crippen molar-refractivity contribution >= 4 is 5.97 Å². The Labute approximate surface area is 115 Å². The number of carboxylic acid groups (broad SMARTS) is 1. The van der Waals surface area contributed by atoms with Crippen molar-refractivity contribution in [3.63, 3.8) is 0 Å². The van der Waals surface area contributed by atoms with E-state index < -0.39 is 5.97 Å². The molecule has 2 aromatic rings. The molecule has 8 nitrogen and oxygen atoms in total. The highest BCUT2D eigenvalue weighted by Crippen LogP contribution is 2.10. The summed E-state index contributed by atoms with van der Waals surface area (Å²) >= 11 is 0. The highest BCUT2D eigenvalue weighted by atomic mass is 16.5. The molecule has 0 spiro atoms. The van der Waals surface area contributed by atoms with Crippen molar-refractivity contribution in [1.82, 2.24) is 25.1 Å². The summed E-state index contributed by atoms with van der Waals surface area (Å²) < 4.78 is 6.62. The van der Waals surface area contributed by atoms with Crippen molar-refractivity contribution in [2.45, 2.75) is 46.1 Å². The highest BCUT2D eigenvalue weighted by molar-refractivity contribution is 5.86. The van der Waals surface area contributed by atoms with E-state index >= 15 is 0 Å². The van der Waals surface area contributed by atoms with E-state index in [0.29, 0.717) is 23.8 Å². The Bertz CT molecular complexity index is 590. The number of carboxylic acids is 1. The maximum atomic E-state index is 11.0. The van der Waals surface area contributed by atoms with Gasteiger partial charge in [0.2, 0.25) is 5.89 Å². The van der Waals surface area contributed by atoms with Gasteiger partial charge in [0.05, 0.1) is 5.69 Å². The number of hydrogen-bond acceptors (Lipinski definition) is 6. The van der Waals surface area contributed by atoms with E-state index in [1.165, 1.54) is 4.68 Å². The van der Waals surface area contributed by atoms with Crippen LogP contribution in [0.15, 0.2) is 4.52 Å². The molecule has 0 aliphatic heterocycles. The van der Waals surface area contributed by atoms with Gasteiger partial charge < -0.3 is 9.63 Å². The fourth-order valence-electron chi connectivity index (χ4n) is 1.89. The normalized spacial score (nSPS) is 10.9. The van der Waals surface area contributed by atoms with Crippen LogP contribution in [-0.2, 0) is 19.4 Å². The summed E-state index contributed by atoms with van der Waals surface area (Å²) in [5, 5.41) is 20.4. The molecule has 0 amide bonds. The summed E-state index contributed by atoms with van der Waals surface area (Å²) in [7, 11) is 0. The molecule has 0 aliphatic rings. The average molecular weight is 279 g/mol. The van der Waals surface area contributed by atoms with Gasteiger partial charge in [0.1, 0.15) is 6.54 Å².